The molecule has 1 amide bonds. The largest absolute Gasteiger partial charge is 0.337 e. The standard InChI is InChI=1S/C14H20N2O3S2/c17-14(9-15-12-3-7-21(18,19)8-4-12)16-5-1-13-11(10-16)2-6-20-13/h2,6,12,15H,1,3-5,7-10H2. The van der Waals surface area contributed by atoms with Crippen LogP contribution in [0.4, 0.5) is 0 Å². The first-order valence-corrected chi connectivity index (χ1v) is 10.0. The van der Waals surface area contributed by atoms with E-state index < -0.39 is 9.84 Å². The third-order valence-electron chi connectivity index (χ3n) is 4.26. The number of hydrogen-bond donors (Lipinski definition) is 1. The number of fused-ring (bicyclic) bond motifs is 1. The summed E-state index contributed by atoms with van der Waals surface area (Å²) >= 11 is 1.76. The lowest BCUT2D eigenvalue weighted by molar-refractivity contribution is -0.131. The van der Waals surface area contributed by atoms with Crippen LogP contribution in [0.1, 0.15) is 23.3 Å². The highest BCUT2D eigenvalue weighted by molar-refractivity contribution is 7.91. The molecule has 0 aromatic carbocycles. The number of hydrogen-bond acceptors (Lipinski definition) is 5. The van der Waals surface area contributed by atoms with Crippen molar-refractivity contribution >= 4 is 27.1 Å². The molecule has 1 aromatic rings. The maximum absolute atomic E-state index is 12.2. The van der Waals surface area contributed by atoms with Gasteiger partial charge in [-0.3, -0.25) is 4.79 Å². The third kappa shape index (κ3) is 3.64. The van der Waals surface area contributed by atoms with Crippen LogP contribution in [0, 0.1) is 0 Å². The van der Waals surface area contributed by atoms with Crippen LogP contribution < -0.4 is 5.32 Å². The molecule has 5 nitrogen and oxygen atoms in total. The molecule has 2 aliphatic rings. The molecule has 0 unspecified atom stereocenters. The summed E-state index contributed by atoms with van der Waals surface area (Å²) in [5.41, 5.74) is 1.27. The molecule has 0 bridgehead atoms. The zero-order valence-electron chi connectivity index (χ0n) is 11.9. The zero-order valence-corrected chi connectivity index (χ0v) is 13.5. The summed E-state index contributed by atoms with van der Waals surface area (Å²) in [6, 6.07) is 2.25. The molecule has 21 heavy (non-hydrogen) atoms. The van der Waals surface area contributed by atoms with Gasteiger partial charge in [-0.25, -0.2) is 8.42 Å². The Bertz CT molecular complexity index is 610. The number of carbonyl (C=O) groups is 1. The highest BCUT2D eigenvalue weighted by Gasteiger charge is 2.25. The second-order valence-electron chi connectivity index (χ2n) is 5.74. The van der Waals surface area contributed by atoms with Crippen LogP contribution in [0.3, 0.4) is 0 Å². The van der Waals surface area contributed by atoms with Gasteiger partial charge in [0.05, 0.1) is 18.1 Å². The van der Waals surface area contributed by atoms with E-state index in [9.17, 15) is 13.2 Å². The minimum Gasteiger partial charge on any atom is -0.337 e. The van der Waals surface area contributed by atoms with E-state index in [1.165, 1.54) is 10.4 Å². The molecule has 0 spiro atoms. The summed E-state index contributed by atoms with van der Waals surface area (Å²) in [6.45, 7) is 1.80. The molecule has 3 rings (SSSR count). The number of nitrogens with zero attached hydrogens (tertiary/aromatic N) is 1. The van der Waals surface area contributed by atoms with E-state index in [-0.39, 0.29) is 23.5 Å². The van der Waals surface area contributed by atoms with Crippen molar-refractivity contribution in [2.24, 2.45) is 0 Å². The molecule has 1 fully saturated rings. The van der Waals surface area contributed by atoms with Gasteiger partial charge in [-0.1, -0.05) is 0 Å². The molecule has 1 saturated heterocycles. The molecule has 116 valence electrons. The van der Waals surface area contributed by atoms with Crippen LogP contribution >= 0.6 is 11.3 Å². The van der Waals surface area contributed by atoms with Crippen LogP contribution in [0.5, 0.6) is 0 Å². The summed E-state index contributed by atoms with van der Waals surface area (Å²) in [5, 5.41) is 5.30. The highest BCUT2D eigenvalue weighted by atomic mass is 32.2. The van der Waals surface area contributed by atoms with Crippen molar-refractivity contribution in [3.63, 3.8) is 0 Å². The second kappa shape index (κ2) is 6.06. The number of amides is 1. The Morgan fingerprint density at radius 2 is 2.14 bits per heavy atom. The Labute approximate surface area is 129 Å². The molecular weight excluding hydrogens is 308 g/mol. The number of rotatable bonds is 3. The molecule has 7 heteroatoms. The summed E-state index contributed by atoms with van der Waals surface area (Å²) in [5.74, 6) is 0.585. The molecule has 0 aliphatic carbocycles. The maximum Gasteiger partial charge on any atom is 0.236 e. The van der Waals surface area contributed by atoms with Gasteiger partial charge < -0.3 is 10.2 Å². The van der Waals surface area contributed by atoms with Gasteiger partial charge in [0.25, 0.3) is 0 Å². The first-order chi connectivity index (χ1) is 10.0. The van der Waals surface area contributed by atoms with Crippen molar-refractivity contribution in [2.75, 3.05) is 24.6 Å². The zero-order chi connectivity index (χ0) is 14.9. The van der Waals surface area contributed by atoms with Crippen molar-refractivity contribution in [3.05, 3.63) is 21.9 Å². The molecule has 1 N–H and O–H groups in total. The monoisotopic (exact) mass is 328 g/mol. The van der Waals surface area contributed by atoms with E-state index >= 15 is 0 Å². The topological polar surface area (TPSA) is 66.5 Å². The van der Waals surface area contributed by atoms with Crippen molar-refractivity contribution in [1.82, 2.24) is 10.2 Å². The Balaban J connectivity index is 1.47. The van der Waals surface area contributed by atoms with Crippen LogP contribution in [0.25, 0.3) is 0 Å². The van der Waals surface area contributed by atoms with Gasteiger partial charge in [-0.05, 0) is 36.3 Å². The summed E-state index contributed by atoms with van der Waals surface area (Å²) in [7, 11) is -2.84. The third-order valence-corrected chi connectivity index (χ3v) is 7.00. The smallest absolute Gasteiger partial charge is 0.236 e. The lowest BCUT2D eigenvalue weighted by Crippen LogP contribution is -2.45. The fourth-order valence-electron chi connectivity index (χ4n) is 2.90. The second-order valence-corrected chi connectivity index (χ2v) is 9.05. The summed E-state index contributed by atoms with van der Waals surface area (Å²) < 4.78 is 22.7. The quantitative estimate of drug-likeness (QED) is 0.891. The Kier molecular flexibility index (Phi) is 4.33. The van der Waals surface area contributed by atoms with Crippen LogP contribution in [-0.4, -0.2) is 49.9 Å². The lowest BCUT2D eigenvalue weighted by Gasteiger charge is -2.29. The fourth-order valence-corrected chi connectivity index (χ4v) is 5.28. The maximum atomic E-state index is 12.2. The van der Waals surface area contributed by atoms with Crippen LogP contribution in [0.2, 0.25) is 0 Å². The summed E-state index contributed by atoms with van der Waals surface area (Å²) in [6.07, 6.45) is 2.18. The van der Waals surface area contributed by atoms with E-state index in [1.807, 2.05) is 4.90 Å². The van der Waals surface area contributed by atoms with Gasteiger partial charge in [0.15, 0.2) is 0 Å². The predicted molar refractivity (Wildman–Crippen MR) is 83.1 cm³/mol. The van der Waals surface area contributed by atoms with Crippen LogP contribution in [-0.2, 0) is 27.6 Å². The molecular formula is C14H20N2O3S2. The van der Waals surface area contributed by atoms with Gasteiger partial charge in [0, 0.05) is 24.0 Å². The van der Waals surface area contributed by atoms with Gasteiger partial charge in [0.1, 0.15) is 9.84 Å². The Morgan fingerprint density at radius 1 is 1.38 bits per heavy atom. The van der Waals surface area contributed by atoms with Crippen molar-refractivity contribution < 1.29 is 13.2 Å². The normalized spacial score (nSPS) is 22.0. The fraction of sp³-hybridized carbons (Fsp3) is 0.643. The van der Waals surface area contributed by atoms with Crippen LogP contribution in [0.15, 0.2) is 11.4 Å². The highest BCUT2D eigenvalue weighted by Crippen LogP contribution is 2.23. The Morgan fingerprint density at radius 3 is 2.90 bits per heavy atom. The lowest BCUT2D eigenvalue weighted by atomic mass is 10.1. The van der Waals surface area contributed by atoms with E-state index in [0.717, 1.165) is 13.0 Å². The first-order valence-electron chi connectivity index (χ1n) is 7.30. The average Bonchev–Trinajstić information content (AvgIpc) is 2.93. The number of sulfone groups is 1. The molecule has 0 radical (unpaired) electrons. The van der Waals surface area contributed by atoms with E-state index in [2.05, 4.69) is 16.8 Å². The molecule has 1 aromatic heterocycles. The van der Waals surface area contributed by atoms with Gasteiger partial charge in [0.2, 0.25) is 5.91 Å². The van der Waals surface area contributed by atoms with Crippen molar-refractivity contribution in [3.8, 4) is 0 Å². The molecule has 0 saturated carbocycles. The molecule has 3 heterocycles. The van der Waals surface area contributed by atoms with Crippen molar-refractivity contribution in [1.29, 1.82) is 0 Å². The predicted octanol–water partition coefficient (Wildman–Crippen LogP) is 0.800. The average molecular weight is 328 g/mol. The number of carbonyl (C=O) groups excluding carboxylic acids is 1. The summed E-state index contributed by atoms with van der Waals surface area (Å²) in [4.78, 5) is 15.5. The van der Waals surface area contributed by atoms with Gasteiger partial charge in [-0.15, -0.1) is 11.3 Å². The van der Waals surface area contributed by atoms with Crippen molar-refractivity contribution in [2.45, 2.75) is 31.8 Å². The molecule has 0 atom stereocenters. The van der Waals surface area contributed by atoms with E-state index in [0.29, 0.717) is 25.9 Å². The first kappa shape index (κ1) is 15.0. The van der Waals surface area contributed by atoms with E-state index in [1.54, 1.807) is 11.3 Å². The minimum absolute atomic E-state index is 0.111. The molecule has 2 aliphatic heterocycles. The Hall–Kier alpha value is -0.920. The SMILES string of the molecule is O=C(CNC1CCS(=O)(=O)CC1)N1CCc2sccc2C1. The van der Waals surface area contributed by atoms with Gasteiger partial charge in [-0.2, -0.15) is 0 Å². The minimum atomic E-state index is -2.84. The van der Waals surface area contributed by atoms with E-state index in [4.69, 9.17) is 0 Å². The number of nitrogens with one attached hydrogen (secondary N) is 1. The number of thiophene rings is 1. The van der Waals surface area contributed by atoms with Gasteiger partial charge >= 0.3 is 0 Å².